The topological polar surface area (TPSA) is 42.4 Å². The van der Waals surface area contributed by atoms with Gasteiger partial charge in [0.05, 0.1) is 17.8 Å². The zero-order valence-corrected chi connectivity index (χ0v) is 16.8. The van der Waals surface area contributed by atoms with Crippen LogP contribution in [0.3, 0.4) is 0 Å². The lowest BCUT2D eigenvalue weighted by Gasteiger charge is -2.19. The Morgan fingerprint density at radius 2 is 2.03 bits per heavy atom. The fraction of sp³-hybridized carbons (Fsp3) is 0.250. The first-order valence-electron chi connectivity index (χ1n) is 9.77. The number of carbonyl (C=O) groups is 1. The van der Waals surface area contributed by atoms with Crippen molar-refractivity contribution in [3.63, 3.8) is 0 Å². The third-order valence-corrected chi connectivity index (χ3v) is 4.72. The quantitative estimate of drug-likeness (QED) is 0.361. The zero-order valence-electron chi connectivity index (χ0n) is 16.8. The summed E-state index contributed by atoms with van der Waals surface area (Å²) in [5.41, 5.74) is 1.47. The molecule has 0 saturated carbocycles. The fourth-order valence-corrected chi connectivity index (χ4v) is 3.09. The molecule has 0 bridgehead atoms. The van der Waals surface area contributed by atoms with E-state index in [0.717, 1.165) is 30.2 Å². The summed E-state index contributed by atoms with van der Waals surface area (Å²) in [4.78, 5) is 18.5. The molecule has 0 aliphatic carbocycles. The summed E-state index contributed by atoms with van der Waals surface area (Å²) in [6, 6.07) is 13.8. The second-order valence-electron chi connectivity index (χ2n) is 6.78. The van der Waals surface area contributed by atoms with Crippen LogP contribution in [-0.4, -0.2) is 24.5 Å². The molecule has 5 heteroatoms. The van der Waals surface area contributed by atoms with Crippen molar-refractivity contribution in [1.82, 2.24) is 4.98 Å². The number of unbranched alkanes of at least 4 members (excludes halogenated alkanes) is 2. The molecule has 2 aromatic carbocycles. The van der Waals surface area contributed by atoms with Gasteiger partial charge in [-0.05, 0) is 62.6 Å². The molecule has 1 heterocycles. The minimum atomic E-state index is -0.528. The number of hydrogen-bond donors (Lipinski definition) is 0. The number of anilines is 1. The number of hydrogen-bond acceptors (Lipinski definition) is 3. The average Bonchev–Trinajstić information content (AvgIpc) is 2.76. The third-order valence-electron chi connectivity index (χ3n) is 4.72. The normalized spacial score (nSPS) is 11.1. The Morgan fingerprint density at radius 3 is 2.86 bits per heavy atom. The van der Waals surface area contributed by atoms with E-state index >= 15 is 0 Å². The van der Waals surface area contributed by atoms with Gasteiger partial charge in [0, 0.05) is 24.2 Å². The van der Waals surface area contributed by atoms with E-state index in [1.54, 1.807) is 49.6 Å². The molecule has 1 aromatic heterocycles. The summed E-state index contributed by atoms with van der Waals surface area (Å²) >= 11 is 0. The number of allylic oxidation sites excluding steroid dienone is 2. The standard InChI is InChI=1S/C24H25FN2O2/c1-3-4-5-6-7-16-29-22-12-8-11-21(23(22)25)27(2)24(28)19-13-14-20-18(17-19)10-9-15-26-20/h3-4,8-15,17H,5-7,16H2,1-2H3. The Morgan fingerprint density at radius 1 is 1.17 bits per heavy atom. The third kappa shape index (κ3) is 4.99. The van der Waals surface area contributed by atoms with Crippen molar-refractivity contribution in [2.75, 3.05) is 18.6 Å². The van der Waals surface area contributed by atoms with Gasteiger partial charge in [0.25, 0.3) is 5.91 Å². The minimum absolute atomic E-state index is 0.163. The maximum Gasteiger partial charge on any atom is 0.258 e. The minimum Gasteiger partial charge on any atom is -0.490 e. The molecule has 0 spiro atoms. The first-order chi connectivity index (χ1) is 14.1. The highest BCUT2D eigenvalue weighted by molar-refractivity contribution is 6.07. The number of fused-ring (bicyclic) bond motifs is 1. The van der Waals surface area contributed by atoms with Crippen LogP contribution >= 0.6 is 0 Å². The van der Waals surface area contributed by atoms with Crippen LogP contribution in [0, 0.1) is 5.82 Å². The Hall–Kier alpha value is -3.21. The van der Waals surface area contributed by atoms with Crippen LogP contribution in [0.1, 0.15) is 36.5 Å². The van der Waals surface area contributed by atoms with E-state index in [1.807, 2.05) is 25.1 Å². The summed E-state index contributed by atoms with van der Waals surface area (Å²) in [6.07, 6.45) is 8.64. The Kier molecular flexibility index (Phi) is 6.95. The van der Waals surface area contributed by atoms with Crippen LogP contribution in [0.25, 0.3) is 10.9 Å². The number of aromatic nitrogens is 1. The van der Waals surface area contributed by atoms with Crippen molar-refractivity contribution in [2.24, 2.45) is 0 Å². The molecule has 4 nitrogen and oxygen atoms in total. The van der Waals surface area contributed by atoms with E-state index in [4.69, 9.17) is 4.74 Å². The van der Waals surface area contributed by atoms with E-state index < -0.39 is 5.82 Å². The van der Waals surface area contributed by atoms with Crippen molar-refractivity contribution in [1.29, 1.82) is 0 Å². The van der Waals surface area contributed by atoms with Crippen LogP contribution in [0.15, 0.2) is 66.9 Å². The highest BCUT2D eigenvalue weighted by atomic mass is 19.1. The predicted molar refractivity (Wildman–Crippen MR) is 115 cm³/mol. The summed E-state index contributed by atoms with van der Waals surface area (Å²) in [5.74, 6) is -0.659. The van der Waals surface area contributed by atoms with Gasteiger partial charge in [0.2, 0.25) is 0 Å². The first kappa shape index (κ1) is 20.5. The molecular formula is C24H25FN2O2. The molecule has 0 aliphatic rings. The maximum atomic E-state index is 14.9. The van der Waals surface area contributed by atoms with Crippen molar-refractivity contribution >= 4 is 22.5 Å². The molecule has 0 fully saturated rings. The summed E-state index contributed by atoms with van der Waals surface area (Å²) in [5, 5.41) is 0.863. The van der Waals surface area contributed by atoms with E-state index in [1.165, 1.54) is 4.90 Å². The lowest BCUT2D eigenvalue weighted by Crippen LogP contribution is -2.27. The Labute approximate surface area is 170 Å². The van der Waals surface area contributed by atoms with Gasteiger partial charge in [-0.3, -0.25) is 9.78 Å². The second-order valence-corrected chi connectivity index (χ2v) is 6.78. The average molecular weight is 392 g/mol. The number of nitrogens with zero attached hydrogens (tertiary/aromatic N) is 2. The molecule has 0 N–H and O–H groups in total. The van der Waals surface area contributed by atoms with E-state index in [-0.39, 0.29) is 17.3 Å². The Bertz CT molecular complexity index is 1020. The molecule has 150 valence electrons. The SMILES string of the molecule is CC=CCCCCOc1cccc(N(C)C(=O)c2ccc3ncccc3c2)c1F. The van der Waals surface area contributed by atoms with Crippen molar-refractivity contribution in [3.8, 4) is 5.75 Å². The molecule has 3 aromatic rings. The molecule has 0 aliphatic heterocycles. The van der Waals surface area contributed by atoms with Gasteiger partial charge in [-0.1, -0.05) is 24.3 Å². The van der Waals surface area contributed by atoms with Crippen molar-refractivity contribution in [3.05, 3.63) is 78.3 Å². The number of ether oxygens (including phenoxy) is 1. The smallest absolute Gasteiger partial charge is 0.258 e. The monoisotopic (exact) mass is 392 g/mol. The van der Waals surface area contributed by atoms with E-state index in [0.29, 0.717) is 12.2 Å². The van der Waals surface area contributed by atoms with Crippen molar-refractivity contribution < 1.29 is 13.9 Å². The number of halogens is 1. The van der Waals surface area contributed by atoms with Gasteiger partial charge in [-0.2, -0.15) is 0 Å². The predicted octanol–water partition coefficient (Wildman–Crippen LogP) is 5.78. The van der Waals surface area contributed by atoms with Gasteiger partial charge in [0.1, 0.15) is 0 Å². The van der Waals surface area contributed by atoms with Gasteiger partial charge in [0.15, 0.2) is 11.6 Å². The number of carbonyl (C=O) groups excluding carboxylic acids is 1. The molecule has 0 atom stereocenters. The van der Waals surface area contributed by atoms with Crippen molar-refractivity contribution in [2.45, 2.75) is 26.2 Å². The van der Waals surface area contributed by atoms with E-state index in [2.05, 4.69) is 11.1 Å². The van der Waals surface area contributed by atoms with Crippen LogP contribution in [0.4, 0.5) is 10.1 Å². The summed E-state index contributed by atoms with van der Waals surface area (Å²) in [6.45, 7) is 2.43. The van der Waals surface area contributed by atoms with Crippen LogP contribution in [-0.2, 0) is 0 Å². The highest BCUT2D eigenvalue weighted by Gasteiger charge is 2.19. The molecular weight excluding hydrogens is 367 g/mol. The van der Waals surface area contributed by atoms with Gasteiger partial charge < -0.3 is 9.64 Å². The van der Waals surface area contributed by atoms with Crippen LogP contribution in [0.2, 0.25) is 0 Å². The second kappa shape index (κ2) is 9.82. The number of amides is 1. The number of pyridine rings is 1. The Balaban J connectivity index is 1.72. The fourth-order valence-electron chi connectivity index (χ4n) is 3.09. The molecule has 0 saturated heterocycles. The largest absolute Gasteiger partial charge is 0.490 e. The lowest BCUT2D eigenvalue weighted by atomic mass is 10.1. The molecule has 0 unspecified atom stereocenters. The van der Waals surface area contributed by atoms with Gasteiger partial charge in [-0.15, -0.1) is 0 Å². The maximum absolute atomic E-state index is 14.9. The van der Waals surface area contributed by atoms with Gasteiger partial charge >= 0.3 is 0 Å². The number of benzene rings is 2. The zero-order chi connectivity index (χ0) is 20.6. The first-order valence-corrected chi connectivity index (χ1v) is 9.77. The molecule has 29 heavy (non-hydrogen) atoms. The molecule has 3 rings (SSSR count). The molecule has 1 amide bonds. The van der Waals surface area contributed by atoms with Crippen LogP contribution in [0.5, 0.6) is 5.75 Å². The van der Waals surface area contributed by atoms with Gasteiger partial charge in [-0.25, -0.2) is 4.39 Å². The highest BCUT2D eigenvalue weighted by Crippen LogP contribution is 2.28. The number of rotatable bonds is 8. The van der Waals surface area contributed by atoms with Crippen LogP contribution < -0.4 is 9.64 Å². The van der Waals surface area contributed by atoms with E-state index in [9.17, 15) is 9.18 Å². The molecule has 0 radical (unpaired) electrons. The summed E-state index contributed by atoms with van der Waals surface area (Å²) in [7, 11) is 1.56. The lowest BCUT2D eigenvalue weighted by molar-refractivity contribution is 0.0992. The summed E-state index contributed by atoms with van der Waals surface area (Å²) < 4.78 is 20.5.